The third kappa shape index (κ3) is 7.74. The molecule has 0 saturated carbocycles. The third-order valence-corrected chi connectivity index (χ3v) is 3.66. The number of nitrogens with one attached hydrogen (secondary N) is 1. The Kier molecular flexibility index (Phi) is 9.79. The predicted octanol–water partition coefficient (Wildman–Crippen LogP) is 3.38. The van der Waals surface area contributed by atoms with Gasteiger partial charge in [0.15, 0.2) is 0 Å². The van der Waals surface area contributed by atoms with E-state index in [1.165, 1.54) is 44.9 Å². The van der Waals surface area contributed by atoms with Crippen molar-refractivity contribution in [1.29, 1.82) is 0 Å². The van der Waals surface area contributed by atoms with Crippen LogP contribution in [0.4, 0.5) is 0 Å². The second kappa shape index (κ2) is 9.86. The molecule has 0 aromatic rings. The molecule has 0 radical (unpaired) electrons. The fourth-order valence-electron chi connectivity index (χ4n) is 2.08. The van der Waals surface area contributed by atoms with Gasteiger partial charge in [0.2, 0.25) is 0 Å². The number of unbranched alkanes of at least 4 members (excludes halogenated alkanes) is 6. The molecule has 0 aliphatic carbocycles. The van der Waals surface area contributed by atoms with Crippen molar-refractivity contribution >= 4 is 0 Å². The van der Waals surface area contributed by atoms with Crippen LogP contribution in [0.25, 0.3) is 0 Å². The van der Waals surface area contributed by atoms with Crippen molar-refractivity contribution in [2.45, 2.75) is 83.8 Å². The molecular formula is C14H32N2O. The molecule has 0 rings (SSSR count). The lowest BCUT2D eigenvalue weighted by molar-refractivity contribution is -0.0132. The van der Waals surface area contributed by atoms with Crippen molar-refractivity contribution in [1.82, 2.24) is 5.43 Å². The molecule has 3 nitrogen and oxygen atoms in total. The van der Waals surface area contributed by atoms with Crippen molar-refractivity contribution in [2.75, 3.05) is 7.11 Å². The highest BCUT2D eigenvalue weighted by molar-refractivity contribution is 4.83. The Morgan fingerprint density at radius 2 is 1.59 bits per heavy atom. The Labute approximate surface area is 107 Å². The van der Waals surface area contributed by atoms with Gasteiger partial charge in [-0.3, -0.25) is 11.3 Å². The van der Waals surface area contributed by atoms with Crippen molar-refractivity contribution in [3.05, 3.63) is 0 Å². The van der Waals surface area contributed by atoms with E-state index in [9.17, 15) is 0 Å². The number of ether oxygens (including phenoxy) is 1. The van der Waals surface area contributed by atoms with Crippen LogP contribution in [0.15, 0.2) is 0 Å². The van der Waals surface area contributed by atoms with Crippen molar-refractivity contribution < 1.29 is 4.74 Å². The van der Waals surface area contributed by atoms with Crippen molar-refractivity contribution in [2.24, 2.45) is 5.84 Å². The standard InChI is InChI=1S/C14H32N2O/c1-5-6-7-8-9-10-11-12-13(16-15)14(2,3)17-4/h13,16H,5-12,15H2,1-4H3. The molecule has 0 fully saturated rings. The van der Waals surface area contributed by atoms with E-state index in [1.807, 2.05) is 0 Å². The Morgan fingerprint density at radius 1 is 1.06 bits per heavy atom. The summed E-state index contributed by atoms with van der Waals surface area (Å²) in [7, 11) is 1.75. The second-order valence-electron chi connectivity index (χ2n) is 5.44. The fourth-order valence-corrected chi connectivity index (χ4v) is 2.08. The molecule has 0 saturated heterocycles. The van der Waals surface area contributed by atoms with E-state index in [4.69, 9.17) is 10.6 Å². The first-order valence-corrected chi connectivity index (χ1v) is 7.09. The lowest BCUT2D eigenvalue weighted by atomic mass is 9.93. The lowest BCUT2D eigenvalue weighted by Crippen LogP contribution is -2.50. The smallest absolute Gasteiger partial charge is 0.0788 e. The van der Waals surface area contributed by atoms with Crippen LogP contribution in [0.5, 0.6) is 0 Å². The number of hydrogen-bond acceptors (Lipinski definition) is 3. The van der Waals surface area contributed by atoms with Gasteiger partial charge >= 0.3 is 0 Å². The highest BCUT2D eigenvalue weighted by Crippen LogP contribution is 2.19. The van der Waals surface area contributed by atoms with Gasteiger partial charge in [-0.05, 0) is 20.3 Å². The number of hydrogen-bond donors (Lipinski definition) is 2. The first-order chi connectivity index (χ1) is 8.08. The summed E-state index contributed by atoms with van der Waals surface area (Å²) in [6.07, 6.45) is 10.4. The Hall–Kier alpha value is -0.120. The Morgan fingerprint density at radius 3 is 2.06 bits per heavy atom. The largest absolute Gasteiger partial charge is 0.377 e. The van der Waals surface area contributed by atoms with Gasteiger partial charge in [0.25, 0.3) is 0 Å². The fraction of sp³-hybridized carbons (Fsp3) is 1.00. The number of rotatable bonds is 11. The zero-order chi connectivity index (χ0) is 13.1. The molecule has 1 atom stereocenters. The molecule has 0 heterocycles. The molecule has 0 aliphatic heterocycles. The van der Waals surface area contributed by atoms with Crippen LogP contribution in [0.2, 0.25) is 0 Å². The van der Waals surface area contributed by atoms with Gasteiger partial charge in [0.1, 0.15) is 0 Å². The zero-order valence-electron chi connectivity index (χ0n) is 12.2. The molecule has 0 amide bonds. The molecule has 0 aliphatic rings. The van der Waals surface area contributed by atoms with Gasteiger partial charge in [0.05, 0.1) is 5.60 Å². The van der Waals surface area contributed by atoms with Crippen LogP contribution < -0.4 is 11.3 Å². The topological polar surface area (TPSA) is 47.3 Å². The Balaban J connectivity index is 3.57. The minimum Gasteiger partial charge on any atom is -0.377 e. The summed E-state index contributed by atoms with van der Waals surface area (Å²) >= 11 is 0. The summed E-state index contributed by atoms with van der Waals surface area (Å²) in [6, 6.07) is 0.239. The molecule has 0 bridgehead atoms. The molecule has 0 spiro atoms. The summed E-state index contributed by atoms with van der Waals surface area (Å²) in [5.74, 6) is 5.58. The van der Waals surface area contributed by atoms with Gasteiger partial charge < -0.3 is 4.74 Å². The average Bonchev–Trinajstić information content (AvgIpc) is 2.32. The Bertz CT molecular complexity index is 172. The van der Waals surface area contributed by atoms with Gasteiger partial charge in [-0.25, -0.2) is 0 Å². The summed E-state index contributed by atoms with van der Waals surface area (Å²) in [5, 5.41) is 0. The average molecular weight is 244 g/mol. The molecule has 0 aromatic carbocycles. The van der Waals surface area contributed by atoms with E-state index < -0.39 is 0 Å². The summed E-state index contributed by atoms with van der Waals surface area (Å²) < 4.78 is 5.46. The number of nitrogens with two attached hydrogens (primary N) is 1. The molecule has 1 unspecified atom stereocenters. The highest BCUT2D eigenvalue weighted by Gasteiger charge is 2.27. The number of hydrazine groups is 1. The SMILES string of the molecule is CCCCCCCCCC(NN)C(C)(C)OC. The lowest BCUT2D eigenvalue weighted by Gasteiger charge is -2.32. The molecule has 17 heavy (non-hydrogen) atoms. The predicted molar refractivity (Wildman–Crippen MR) is 74.8 cm³/mol. The summed E-state index contributed by atoms with van der Waals surface area (Å²) in [5.41, 5.74) is 2.70. The maximum absolute atomic E-state index is 5.58. The van der Waals surface area contributed by atoms with Crippen LogP contribution in [-0.4, -0.2) is 18.8 Å². The van der Waals surface area contributed by atoms with Crippen LogP contribution in [0, 0.1) is 0 Å². The first-order valence-electron chi connectivity index (χ1n) is 7.09. The van der Waals surface area contributed by atoms with Crippen molar-refractivity contribution in [3.8, 4) is 0 Å². The van der Waals surface area contributed by atoms with Gasteiger partial charge in [0, 0.05) is 13.2 Å². The van der Waals surface area contributed by atoms with E-state index in [2.05, 4.69) is 26.2 Å². The van der Waals surface area contributed by atoms with E-state index in [0.29, 0.717) is 0 Å². The molecule has 3 heteroatoms. The minimum atomic E-state index is -0.184. The first kappa shape index (κ1) is 16.9. The van der Waals surface area contributed by atoms with E-state index >= 15 is 0 Å². The highest BCUT2D eigenvalue weighted by atomic mass is 16.5. The van der Waals surface area contributed by atoms with E-state index in [-0.39, 0.29) is 11.6 Å². The van der Waals surface area contributed by atoms with E-state index in [1.54, 1.807) is 7.11 Å². The van der Waals surface area contributed by atoms with Crippen LogP contribution >= 0.6 is 0 Å². The molecule has 0 aromatic heterocycles. The van der Waals surface area contributed by atoms with Crippen LogP contribution in [-0.2, 0) is 4.74 Å². The number of methoxy groups -OCH3 is 1. The van der Waals surface area contributed by atoms with Crippen molar-refractivity contribution in [3.63, 3.8) is 0 Å². The van der Waals surface area contributed by atoms with Gasteiger partial charge in [-0.2, -0.15) is 0 Å². The maximum atomic E-state index is 5.58. The quantitative estimate of drug-likeness (QED) is 0.333. The second-order valence-corrected chi connectivity index (χ2v) is 5.44. The third-order valence-electron chi connectivity index (χ3n) is 3.66. The molecule has 3 N–H and O–H groups in total. The van der Waals surface area contributed by atoms with Crippen LogP contribution in [0.1, 0.15) is 72.1 Å². The monoisotopic (exact) mass is 244 g/mol. The van der Waals surface area contributed by atoms with Gasteiger partial charge in [-0.15, -0.1) is 0 Å². The maximum Gasteiger partial charge on any atom is 0.0788 e. The summed E-state index contributed by atoms with van der Waals surface area (Å²) in [6.45, 7) is 6.42. The minimum absolute atomic E-state index is 0.184. The summed E-state index contributed by atoms with van der Waals surface area (Å²) in [4.78, 5) is 0. The molecule has 104 valence electrons. The van der Waals surface area contributed by atoms with E-state index in [0.717, 1.165) is 6.42 Å². The molecular weight excluding hydrogens is 212 g/mol. The zero-order valence-corrected chi connectivity index (χ0v) is 12.2. The van der Waals surface area contributed by atoms with Gasteiger partial charge in [-0.1, -0.05) is 51.9 Å². The normalized spacial score (nSPS) is 13.9. The van der Waals surface area contributed by atoms with Crippen LogP contribution in [0.3, 0.4) is 0 Å².